The highest BCUT2D eigenvalue weighted by atomic mass is 15.1. The summed E-state index contributed by atoms with van der Waals surface area (Å²) < 4.78 is 0. The number of para-hydroxylation sites is 2. The second-order valence-corrected chi connectivity index (χ2v) is 9.65. The first-order valence-electron chi connectivity index (χ1n) is 13.0. The number of nitrogens with zero attached hydrogens (tertiary/aromatic N) is 1. The fourth-order valence-corrected chi connectivity index (χ4v) is 6.05. The number of benzene rings is 5. The molecule has 0 radical (unpaired) electrons. The van der Waals surface area contributed by atoms with Gasteiger partial charge in [0.05, 0.1) is 0 Å². The molecule has 0 aromatic heterocycles. The summed E-state index contributed by atoms with van der Waals surface area (Å²) in [7, 11) is 0. The minimum absolute atomic E-state index is 0.0965. The fourth-order valence-electron chi connectivity index (χ4n) is 6.05. The summed E-state index contributed by atoms with van der Waals surface area (Å²) in [6, 6.07) is 46.2. The van der Waals surface area contributed by atoms with E-state index in [1.807, 2.05) is 0 Å². The minimum atomic E-state index is 0.0965. The molecule has 0 amide bonds. The topological polar surface area (TPSA) is 3.24 Å². The van der Waals surface area contributed by atoms with Crippen LogP contribution in [0.2, 0.25) is 0 Å². The number of hydrogen-bond donors (Lipinski definition) is 0. The monoisotopic (exact) mass is 465 g/mol. The molecular formula is C35H31N. The molecular weight excluding hydrogens is 434 g/mol. The SMILES string of the molecule is CCC1(CC)c2ccccc2-c2ccc(-c3ccc(N(c4ccccc4)c4ccccc4)cc3)cc21. The number of anilines is 3. The van der Waals surface area contributed by atoms with Crippen molar-refractivity contribution in [1.29, 1.82) is 0 Å². The molecule has 0 saturated carbocycles. The van der Waals surface area contributed by atoms with E-state index in [9.17, 15) is 0 Å². The quantitative estimate of drug-likeness (QED) is 0.241. The van der Waals surface area contributed by atoms with Crippen LogP contribution in [0.3, 0.4) is 0 Å². The standard InChI is InChI=1S/C35H31N/c1-3-35(4-2)33-18-12-11-17-31(33)32-24-21-27(25-34(32)35)26-19-22-30(23-20-26)36(28-13-7-5-8-14-28)29-15-9-6-10-16-29/h5-25H,3-4H2,1-2H3. The normalized spacial score (nSPS) is 13.2. The van der Waals surface area contributed by atoms with Crippen molar-refractivity contribution < 1.29 is 0 Å². The molecule has 1 nitrogen and oxygen atoms in total. The summed E-state index contributed by atoms with van der Waals surface area (Å²) in [4.78, 5) is 2.31. The molecule has 1 heteroatoms. The predicted octanol–water partition coefficient (Wildman–Crippen LogP) is 9.91. The Morgan fingerprint density at radius 2 is 0.972 bits per heavy atom. The Kier molecular flexibility index (Phi) is 5.70. The van der Waals surface area contributed by atoms with Gasteiger partial charge in [-0.1, -0.05) is 98.8 Å². The van der Waals surface area contributed by atoms with Crippen molar-refractivity contribution >= 4 is 17.1 Å². The lowest BCUT2D eigenvalue weighted by molar-refractivity contribution is 0.490. The molecule has 0 saturated heterocycles. The van der Waals surface area contributed by atoms with Gasteiger partial charge in [0, 0.05) is 22.5 Å². The van der Waals surface area contributed by atoms with Gasteiger partial charge in [-0.15, -0.1) is 0 Å². The zero-order valence-corrected chi connectivity index (χ0v) is 21.0. The van der Waals surface area contributed by atoms with Gasteiger partial charge < -0.3 is 4.90 Å². The zero-order chi connectivity index (χ0) is 24.5. The summed E-state index contributed by atoms with van der Waals surface area (Å²) in [6.07, 6.45) is 2.22. The molecule has 176 valence electrons. The van der Waals surface area contributed by atoms with Crippen molar-refractivity contribution in [3.63, 3.8) is 0 Å². The molecule has 0 bridgehead atoms. The van der Waals surface area contributed by atoms with Crippen LogP contribution in [0, 0.1) is 0 Å². The Labute approximate surface area is 214 Å². The molecule has 0 unspecified atom stereocenters. The number of fused-ring (bicyclic) bond motifs is 3. The third-order valence-electron chi connectivity index (χ3n) is 7.96. The van der Waals surface area contributed by atoms with Crippen LogP contribution < -0.4 is 4.90 Å². The highest BCUT2D eigenvalue weighted by Crippen LogP contribution is 2.53. The van der Waals surface area contributed by atoms with E-state index in [1.54, 1.807) is 0 Å². The lowest BCUT2D eigenvalue weighted by atomic mass is 9.73. The van der Waals surface area contributed by atoms with Crippen LogP contribution in [0.5, 0.6) is 0 Å². The van der Waals surface area contributed by atoms with Crippen LogP contribution >= 0.6 is 0 Å². The third-order valence-corrected chi connectivity index (χ3v) is 7.96. The van der Waals surface area contributed by atoms with E-state index < -0.39 is 0 Å². The van der Waals surface area contributed by atoms with Crippen molar-refractivity contribution in [3.8, 4) is 22.3 Å². The van der Waals surface area contributed by atoms with Crippen LogP contribution in [0.4, 0.5) is 17.1 Å². The van der Waals surface area contributed by atoms with E-state index in [2.05, 4.69) is 146 Å². The minimum Gasteiger partial charge on any atom is -0.311 e. The van der Waals surface area contributed by atoms with Crippen LogP contribution in [-0.2, 0) is 5.41 Å². The molecule has 0 atom stereocenters. The number of hydrogen-bond acceptors (Lipinski definition) is 1. The summed E-state index contributed by atoms with van der Waals surface area (Å²) in [6.45, 7) is 4.66. The Morgan fingerprint density at radius 1 is 0.472 bits per heavy atom. The molecule has 6 rings (SSSR count). The van der Waals surface area contributed by atoms with Crippen LogP contribution in [0.15, 0.2) is 127 Å². The smallest absolute Gasteiger partial charge is 0.0462 e. The highest BCUT2D eigenvalue weighted by Gasteiger charge is 2.40. The molecule has 0 heterocycles. The molecule has 1 aliphatic rings. The van der Waals surface area contributed by atoms with E-state index in [0.717, 1.165) is 29.9 Å². The molecule has 0 spiro atoms. The van der Waals surface area contributed by atoms with E-state index in [4.69, 9.17) is 0 Å². The van der Waals surface area contributed by atoms with E-state index in [1.165, 1.54) is 33.4 Å². The van der Waals surface area contributed by atoms with Gasteiger partial charge in [0.25, 0.3) is 0 Å². The maximum absolute atomic E-state index is 2.45. The summed E-state index contributed by atoms with van der Waals surface area (Å²) in [5, 5.41) is 0. The Morgan fingerprint density at radius 3 is 1.58 bits per heavy atom. The van der Waals surface area contributed by atoms with Gasteiger partial charge in [0.2, 0.25) is 0 Å². The van der Waals surface area contributed by atoms with Crippen LogP contribution in [0.25, 0.3) is 22.3 Å². The third kappa shape index (κ3) is 3.55. The first kappa shape index (κ1) is 22.4. The summed E-state index contributed by atoms with van der Waals surface area (Å²) in [5.41, 5.74) is 11.9. The molecule has 0 fully saturated rings. The van der Waals surface area contributed by atoms with Gasteiger partial charge in [-0.25, -0.2) is 0 Å². The molecule has 5 aromatic rings. The van der Waals surface area contributed by atoms with E-state index >= 15 is 0 Å². The van der Waals surface area contributed by atoms with Crippen molar-refractivity contribution in [2.45, 2.75) is 32.1 Å². The van der Waals surface area contributed by atoms with Crippen molar-refractivity contribution in [3.05, 3.63) is 139 Å². The molecule has 0 N–H and O–H groups in total. The van der Waals surface area contributed by atoms with Crippen molar-refractivity contribution in [2.24, 2.45) is 0 Å². The first-order chi connectivity index (χ1) is 17.7. The maximum atomic E-state index is 2.45. The second kappa shape index (κ2) is 9.17. The zero-order valence-electron chi connectivity index (χ0n) is 21.0. The van der Waals surface area contributed by atoms with E-state index in [0.29, 0.717) is 0 Å². The lowest BCUT2D eigenvalue weighted by Crippen LogP contribution is -2.23. The molecule has 36 heavy (non-hydrogen) atoms. The first-order valence-corrected chi connectivity index (χ1v) is 13.0. The fraction of sp³-hybridized carbons (Fsp3) is 0.143. The van der Waals surface area contributed by atoms with Crippen LogP contribution in [-0.4, -0.2) is 0 Å². The van der Waals surface area contributed by atoms with E-state index in [-0.39, 0.29) is 5.41 Å². The largest absolute Gasteiger partial charge is 0.311 e. The maximum Gasteiger partial charge on any atom is 0.0462 e. The van der Waals surface area contributed by atoms with Crippen molar-refractivity contribution in [2.75, 3.05) is 4.90 Å². The van der Waals surface area contributed by atoms with Gasteiger partial charge in [-0.3, -0.25) is 0 Å². The van der Waals surface area contributed by atoms with Gasteiger partial charge in [0.1, 0.15) is 0 Å². The highest BCUT2D eigenvalue weighted by molar-refractivity contribution is 5.84. The summed E-state index contributed by atoms with van der Waals surface area (Å²) in [5.74, 6) is 0. The second-order valence-electron chi connectivity index (χ2n) is 9.65. The lowest BCUT2D eigenvalue weighted by Gasteiger charge is -2.30. The van der Waals surface area contributed by atoms with Crippen LogP contribution in [0.1, 0.15) is 37.8 Å². The van der Waals surface area contributed by atoms with Gasteiger partial charge in [0.15, 0.2) is 0 Å². The number of rotatable bonds is 6. The average molecular weight is 466 g/mol. The Balaban J connectivity index is 1.41. The van der Waals surface area contributed by atoms with Gasteiger partial charge >= 0.3 is 0 Å². The van der Waals surface area contributed by atoms with Gasteiger partial charge in [-0.05, 0) is 88.7 Å². The Hall–Kier alpha value is -4.10. The molecule has 0 aliphatic heterocycles. The average Bonchev–Trinajstić information content (AvgIpc) is 3.24. The molecule has 5 aromatic carbocycles. The Bertz CT molecular complexity index is 1440. The van der Waals surface area contributed by atoms with Gasteiger partial charge in [-0.2, -0.15) is 0 Å². The van der Waals surface area contributed by atoms with Crippen molar-refractivity contribution in [1.82, 2.24) is 0 Å². The molecule has 1 aliphatic carbocycles. The predicted molar refractivity (Wildman–Crippen MR) is 153 cm³/mol. The summed E-state index contributed by atoms with van der Waals surface area (Å²) >= 11 is 0.